The number of esters is 2. The van der Waals surface area contributed by atoms with E-state index in [4.69, 9.17) is 4.74 Å². The molecule has 5 nitrogen and oxygen atoms in total. The van der Waals surface area contributed by atoms with E-state index in [0.717, 1.165) is 5.69 Å². The third kappa shape index (κ3) is 4.57. The largest absolute Gasteiger partial charge is 0.465 e. The number of methoxy groups -OCH3 is 1. The fraction of sp³-hybridized carbons (Fsp3) is 0.222. The molecule has 2 rings (SSSR count). The van der Waals surface area contributed by atoms with Gasteiger partial charge in [0, 0.05) is 12.7 Å². The molecule has 23 heavy (non-hydrogen) atoms. The van der Waals surface area contributed by atoms with Gasteiger partial charge in [-0.1, -0.05) is 18.2 Å². The lowest BCUT2D eigenvalue weighted by molar-refractivity contribution is 0.0514. The van der Waals surface area contributed by atoms with Crippen molar-refractivity contribution in [1.82, 2.24) is 0 Å². The van der Waals surface area contributed by atoms with Gasteiger partial charge in [0.15, 0.2) is 0 Å². The Bertz CT molecular complexity index is 652. The molecule has 2 aromatic rings. The fourth-order valence-corrected chi connectivity index (χ4v) is 2.03. The van der Waals surface area contributed by atoms with Gasteiger partial charge in [0.2, 0.25) is 0 Å². The topological polar surface area (TPSA) is 55.8 Å². The van der Waals surface area contributed by atoms with Crippen LogP contribution >= 0.6 is 0 Å². The highest BCUT2D eigenvalue weighted by molar-refractivity contribution is 5.93. The number of likely N-dealkylation sites (N-methyl/N-ethyl adjacent to an activating group) is 1. The zero-order chi connectivity index (χ0) is 16.7. The lowest BCUT2D eigenvalue weighted by Gasteiger charge is -2.18. The van der Waals surface area contributed by atoms with E-state index in [2.05, 4.69) is 4.74 Å². The number of hydrogen-bond donors (Lipinski definition) is 0. The predicted molar refractivity (Wildman–Crippen MR) is 87.8 cm³/mol. The Hall–Kier alpha value is -2.82. The first-order chi connectivity index (χ1) is 11.1. The van der Waals surface area contributed by atoms with Gasteiger partial charge in [-0.3, -0.25) is 0 Å². The molecule has 0 aliphatic carbocycles. The summed E-state index contributed by atoms with van der Waals surface area (Å²) >= 11 is 0. The summed E-state index contributed by atoms with van der Waals surface area (Å²) in [6.45, 7) is 0.874. The van der Waals surface area contributed by atoms with Gasteiger partial charge in [-0.15, -0.1) is 0 Å². The molecule has 0 aliphatic rings. The maximum atomic E-state index is 12.0. The number of nitrogens with zero attached hydrogens (tertiary/aromatic N) is 1. The zero-order valence-corrected chi connectivity index (χ0v) is 13.2. The van der Waals surface area contributed by atoms with Crippen molar-refractivity contribution >= 4 is 17.6 Å². The van der Waals surface area contributed by atoms with Gasteiger partial charge in [-0.05, 0) is 36.4 Å². The van der Waals surface area contributed by atoms with Gasteiger partial charge in [0.1, 0.15) is 6.61 Å². The number of ether oxygens (including phenoxy) is 2. The molecule has 0 N–H and O–H groups in total. The number of para-hydroxylation sites is 1. The molecule has 0 aliphatic heterocycles. The summed E-state index contributed by atoms with van der Waals surface area (Å²) < 4.78 is 9.86. The van der Waals surface area contributed by atoms with E-state index in [1.807, 2.05) is 42.3 Å². The van der Waals surface area contributed by atoms with Crippen LogP contribution in [0.1, 0.15) is 20.7 Å². The minimum absolute atomic E-state index is 0.281. The number of rotatable bonds is 6. The van der Waals surface area contributed by atoms with Crippen molar-refractivity contribution in [3.05, 3.63) is 65.7 Å². The van der Waals surface area contributed by atoms with Crippen molar-refractivity contribution in [2.75, 3.05) is 32.2 Å². The van der Waals surface area contributed by atoms with Crippen LogP contribution in [0.25, 0.3) is 0 Å². The molecule has 0 amide bonds. The Balaban J connectivity index is 1.84. The van der Waals surface area contributed by atoms with Crippen LogP contribution in [0.5, 0.6) is 0 Å². The monoisotopic (exact) mass is 313 g/mol. The Labute approximate surface area is 135 Å². The molecular weight excluding hydrogens is 294 g/mol. The van der Waals surface area contributed by atoms with Crippen LogP contribution < -0.4 is 4.90 Å². The second-order valence-electron chi connectivity index (χ2n) is 4.96. The van der Waals surface area contributed by atoms with Crippen molar-refractivity contribution in [3.63, 3.8) is 0 Å². The van der Waals surface area contributed by atoms with E-state index in [1.54, 1.807) is 24.3 Å². The summed E-state index contributed by atoms with van der Waals surface area (Å²) in [6, 6.07) is 16.0. The predicted octanol–water partition coefficient (Wildman–Crippen LogP) is 2.77. The van der Waals surface area contributed by atoms with Crippen LogP contribution in [0, 0.1) is 0 Å². The van der Waals surface area contributed by atoms with Crippen LogP contribution in [0.15, 0.2) is 54.6 Å². The quantitative estimate of drug-likeness (QED) is 0.768. The zero-order valence-electron chi connectivity index (χ0n) is 13.2. The van der Waals surface area contributed by atoms with Gasteiger partial charge in [0.25, 0.3) is 0 Å². The van der Waals surface area contributed by atoms with Gasteiger partial charge >= 0.3 is 11.9 Å². The third-order valence-electron chi connectivity index (χ3n) is 3.40. The molecule has 0 atom stereocenters. The Morgan fingerprint density at radius 3 is 2.04 bits per heavy atom. The average Bonchev–Trinajstić information content (AvgIpc) is 2.61. The van der Waals surface area contributed by atoms with E-state index in [0.29, 0.717) is 17.7 Å². The molecule has 0 unspecified atom stereocenters. The molecule has 120 valence electrons. The molecule has 0 saturated carbocycles. The van der Waals surface area contributed by atoms with Crippen molar-refractivity contribution < 1.29 is 19.1 Å². The van der Waals surface area contributed by atoms with Crippen LogP contribution in [0.3, 0.4) is 0 Å². The molecule has 0 spiro atoms. The second kappa shape index (κ2) is 7.98. The van der Waals surface area contributed by atoms with Crippen molar-refractivity contribution in [3.8, 4) is 0 Å². The first-order valence-electron chi connectivity index (χ1n) is 7.23. The van der Waals surface area contributed by atoms with Crippen molar-refractivity contribution in [1.29, 1.82) is 0 Å². The summed E-state index contributed by atoms with van der Waals surface area (Å²) in [5, 5.41) is 0. The average molecular weight is 313 g/mol. The molecule has 5 heteroatoms. The molecule has 2 aromatic carbocycles. The molecule has 0 saturated heterocycles. The molecular formula is C18H19NO4. The summed E-state index contributed by atoms with van der Waals surface area (Å²) in [6.07, 6.45) is 0. The number of benzene rings is 2. The van der Waals surface area contributed by atoms with Gasteiger partial charge in [-0.25, -0.2) is 9.59 Å². The minimum atomic E-state index is -0.436. The molecule has 0 radical (unpaired) electrons. The number of anilines is 1. The smallest absolute Gasteiger partial charge is 0.338 e. The van der Waals surface area contributed by atoms with Crippen LogP contribution in [0.4, 0.5) is 5.69 Å². The number of carbonyl (C=O) groups is 2. The third-order valence-corrected chi connectivity index (χ3v) is 3.40. The normalized spacial score (nSPS) is 10.0. The highest BCUT2D eigenvalue weighted by Gasteiger charge is 2.10. The molecule has 0 fully saturated rings. The van der Waals surface area contributed by atoms with Gasteiger partial charge in [0.05, 0.1) is 24.8 Å². The minimum Gasteiger partial charge on any atom is -0.465 e. The Kier molecular flexibility index (Phi) is 5.74. The van der Waals surface area contributed by atoms with Crippen molar-refractivity contribution in [2.45, 2.75) is 0 Å². The molecule has 0 aromatic heterocycles. The standard InChI is InChI=1S/C18H19NO4/c1-19(16-6-4-3-5-7-16)12-13-23-18(21)15-10-8-14(9-11-15)17(20)22-2/h3-11H,12-13H2,1-2H3. The first-order valence-corrected chi connectivity index (χ1v) is 7.23. The van der Waals surface area contributed by atoms with Crippen molar-refractivity contribution in [2.24, 2.45) is 0 Å². The van der Waals surface area contributed by atoms with Crippen LogP contribution in [-0.4, -0.2) is 39.2 Å². The molecule has 0 bridgehead atoms. The van der Waals surface area contributed by atoms with E-state index in [-0.39, 0.29) is 6.61 Å². The maximum absolute atomic E-state index is 12.0. The molecule has 0 heterocycles. The Morgan fingerprint density at radius 1 is 0.913 bits per heavy atom. The van der Waals surface area contributed by atoms with Crippen LogP contribution in [0.2, 0.25) is 0 Å². The SMILES string of the molecule is COC(=O)c1ccc(C(=O)OCCN(C)c2ccccc2)cc1. The highest BCUT2D eigenvalue weighted by atomic mass is 16.5. The van der Waals surface area contributed by atoms with Gasteiger partial charge < -0.3 is 14.4 Å². The van der Waals surface area contributed by atoms with E-state index in [9.17, 15) is 9.59 Å². The Morgan fingerprint density at radius 2 is 1.48 bits per heavy atom. The van der Waals surface area contributed by atoms with Crippen LogP contribution in [-0.2, 0) is 9.47 Å². The summed E-state index contributed by atoms with van der Waals surface area (Å²) in [4.78, 5) is 25.3. The maximum Gasteiger partial charge on any atom is 0.338 e. The summed E-state index contributed by atoms with van der Waals surface area (Å²) in [5.41, 5.74) is 1.86. The van der Waals surface area contributed by atoms with E-state index in [1.165, 1.54) is 7.11 Å². The number of carbonyl (C=O) groups excluding carboxylic acids is 2. The second-order valence-corrected chi connectivity index (χ2v) is 4.96. The van der Waals surface area contributed by atoms with Gasteiger partial charge in [-0.2, -0.15) is 0 Å². The van der Waals surface area contributed by atoms with E-state index >= 15 is 0 Å². The summed E-state index contributed by atoms with van der Waals surface area (Å²) in [7, 11) is 3.25. The first kappa shape index (κ1) is 16.5. The summed E-state index contributed by atoms with van der Waals surface area (Å²) in [5.74, 6) is -0.850. The lowest BCUT2D eigenvalue weighted by Crippen LogP contribution is -2.23. The number of hydrogen-bond acceptors (Lipinski definition) is 5. The lowest BCUT2D eigenvalue weighted by atomic mass is 10.1. The fourth-order valence-electron chi connectivity index (χ4n) is 2.03. The van der Waals surface area contributed by atoms with E-state index < -0.39 is 11.9 Å². The highest BCUT2D eigenvalue weighted by Crippen LogP contribution is 2.11.